The van der Waals surface area contributed by atoms with Gasteiger partial charge in [-0.25, -0.2) is 0 Å². The van der Waals surface area contributed by atoms with E-state index in [-0.39, 0.29) is 12.4 Å². The molecule has 1 aliphatic rings. The Labute approximate surface area is 111 Å². The van der Waals surface area contributed by atoms with E-state index in [9.17, 15) is 0 Å². The number of hydrogen-bond acceptors (Lipinski definition) is 3. The Balaban J connectivity index is 0.00000128. The Morgan fingerprint density at radius 1 is 1.38 bits per heavy atom. The summed E-state index contributed by atoms with van der Waals surface area (Å²) in [5.41, 5.74) is 1.74. The van der Waals surface area contributed by atoms with Crippen molar-refractivity contribution < 1.29 is 4.74 Å². The molecule has 2 heterocycles. The summed E-state index contributed by atoms with van der Waals surface area (Å²) in [6.45, 7) is 3.22. The highest BCUT2D eigenvalue weighted by Crippen LogP contribution is 2.29. The molecule has 16 heavy (non-hydrogen) atoms. The van der Waals surface area contributed by atoms with Crippen LogP contribution in [-0.2, 0) is 10.6 Å². The molecule has 2 rings (SSSR count). The van der Waals surface area contributed by atoms with Crippen LogP contribution in [0.5, 0.6) is 0 Å². The van der Waals surface area contributed by atoms with Crippen molar-refractivity contribution in [1.29, 1.82) is 0 Å². The third-order valence-corrected chi connectivity index (χ3v) is 3.08. The molecule has 6 heteroatoms. The molecule has 3 nitrogen and oxygen atoms in total. The molecule has 0 unspecified atom stereocenters. The fourth-order valence-electron chi connectivity index (χ4n) is 1.62. The summed E-state index contributed by atoms with van der Waals surface area (Å²) in [6.07, 6.45) is 1.74. The molecule has 1 aliphatic heterocycles. The van der Waals surface area contributed by atoms with E-state index in [4.69, 9.17) is 27.9 Å². The Morgan fingerprint density at radius 2 is 2.06 bits per heavy atom. The summed E-state index contributed by atoms with van der Waals surface area (Å²) < 4.78 is 5.29. The first-order valence-corrected chi connectivity index (χ1v) is 5.76. The van der Waals surface area contributed by atoms with Crippen LogP contribution < -0.4 is 4.90 Å². The molecule has 0 amide bonds. The Bertz CT molecular complexity index is 343. The van der Waals surface area contributed by atoms with E-state index in [0.717, 1.165) is 37.7 Å². The second-order valence-electron chi connectivity index (χ2n) is 3.32. The maximum Gasteiger partial charge on any atom is 0.0867 e. The Hall–Kier alpha value is -0.220. The number of ether oxygens (including phenoxy) is 1. The van der Waals surface area contributed by atoms with Crippen LogP contribution in [0, 0.1) is 0 Å². The number of morpholine rings is 1. The molecule has 0 N–H and O–H groups in total. The largest absolute Gasteiger partial charge is 0.378 e. The quantitative estimate of drug-likeness (QED) is 0.781. The number of anilines is 1. The molecule has 0 aromatic carbocycles. The zero-order chi connectivity index (χ0) is 10.7. The van der Waals surface area contributed by atoms with Gasteiger partial charge in [-0.2, -0.15) is 0 Å². The van der Waals surface area contributed by atoms with Crippen molar-refractivity contribution in [3.05, 3.63) is 23.0 Å². The fourth-order valence-corrected chi connectivity index (χ4v) is 2.19. The first-order chi connectivity index (χ1) is 7.33. The van der Waals surface area contributed by atoms with E-state index in [2.05, 4.69) is 9.88 Å². The number of halogens is 3. The van der Waals surface area contributed by atoms with Gasteiger partial charge in [-0.3, -0.25) is 4.98 Å². The molecule has 1 fully saturated rings. The lowest BCUT2D eigenvalue weighted by Gasteiger charge is -2.29. The minimum atomic E-state index is 0. The minimum absolute atomic E-state index is 0. The highest BCUT2D eigenvalue weighted by Gasteiger charge is 2.16. The zero-order valence-corrected chi connectivity index (χ0v) is 11.0. The predicted molar refractivity (Wildman–Crippen MR) is 69.1 cm³/mol. The van der Waals surface area contributed by atoms with Crippen molar-refractivity contribution in [1.82, 2.24) is 4.98 Å². The fraction of sp³-hybridized carbons (Fsp3) is 0.500. The molecule has 0 bridgehead atoms. The average molecular weight is 284 g/mol. The summed E-state index contributed by atoms with van der Waals surface area (Å²) in [4.78, 5) is 6.33. The van der Waals surface area contributed by atoms with Gasteiger partial charge in [0.25, 0.3) is 0 Å². The van der Waals surface area contributed by atoms with E-state index < -0.39 is 0 Å². The van der Waals surface area contributed by atoms with Gasteiger partial charge in [0.1, 0.15) is 0 Å². The third kappa shape index (κ3) is 2.92. The number of rotatable bonds is 2. The van der Waals surface area contributed by atoms with Crippen molar-refractivity contribution in [2.24, 2.45) is 0 Å². The van der Waals surface area contributed by atoms with Gasteiger partial charge < -0.3 is 9.64 Å². The number of hydrogen-bond donors (Lipinski definition) is 0. The first-order valence-electron chi connectivity index (χ1n) is 4.85. The molecule has 1 aromatic rings. The second kappa shape index (κ2) is 6.50. The van der Waals surface area contributed by atoms with Gasteiger partial charge in [-0.05, 0) is 6.07 Å². The van der Waals surface area contributed by atoms with Crippen LogP contribution in [0.4, 0.5) is 5.69 Å². The van der Waals surface area contributed by atoms with Gasteiger partial charge >= 0.3 is 0 Å². The molecule has 0 radical (unpaired) electrons. The highest BCUT2D eigenvalue weighted by atomic mass is 35.5. The van der Waals surface area contributed by atoms with Crippen molar-refractivity contribution in [3.8, 4) is 0 Å². The zero-order valence-electron chi connectivity index (χ0n) is 8.66. The van der Waals surface area contributed by atoms with Gasteiger partial charge in [-0.1, -0.05) is 11.6 Å². The molecule has 90 valence electrons. The van der Waals surface area contributed by atoms with Gasteiger partial charge in [-0.15, -0.1) is 24.0 Å². The molecular formula is C10H13Cl3N2O. The van der Waals surface area contributed by atoms with Crippen molar-refractivity contribution >= 4 is 41.3 Å². The smallest absolute Gasteiger partial charge is 0.0867 e. The lowest BCUT2D eigenvalue weighted by atomic mass is 10.3. The number of nitrogens with zero attached hydrogens (tertiary/aromatic N) is 2. The van der Waals surface area contributed by atoms with Crippen LogP contribution in [0.15, 0.2) is 12.3 Å². The lowest BCUT2D eigenvalue weighted by Crippen LogP contribution is -2.36. The highest BCUT2D eigenvalue weighted by molar-refractivity contribution is 6.34. The predicted octanol–water partition coefficient (Wildman–Crippen LogP) is 2.73. The van der Waals surface area contributed by atoms with Gasteiger partial charge in [0.2, 0.25) is 0 Å². The third-order valence-electron chi connectivity index (χ3n) is 2.42. The SMILES string of the molecule is Cl.ClCc1nccc(N2CCOCC2)c1Cl. The van der Waals surface area contributed by atoms with E-state index in [1.807, 2.05) is 6.07 Å². The normalized spacial score (nSPS) is 15.8. The second-order valence-corrected chi connectivity index (χ2v) is 3.97. The van der Waals surface area contributed by atoms with Crippen LogP contribution >= 0.6 is 35.6 Å². The number of alkyl halides is 1. The van der Waals surface area contributed by atoms with Crippen LogP contribution in [-0.4, -0.2) is 31.3 Å². The van der Waals surface area contributed by atoms with Crippen LogP contribution in [0.3, 0.4) is 0 Å². The van der Waals surface area contributed by atoms with Crippen LogP contribution in [0.2, 0.25) is 5.02 Å². The minimum Gasteiger partial charge on any atom is -0.378 e. The van der Waals surface area contributed by atoms with E-state index in [0.29, 0.717) is 10.9 Å². The topological polar surface area (TPSA) is 25.4 Å². The average Bonchev–Trinajstić information content (AvgIpc) is 2.30. The summed E-state index contributed by atoms with van der Waals surface area (Å²) >= 11 is 12.0. The number of pyridine rings is 1. The lowest BCUT2D eigenvalue weighted by molar-refractivity contribution is 0.122. The van der Waals surface area contributed by atoms with Crippen molar-refractivity contribution in [3.63, 3.8) is 0 Å². The molecule has 0 saturated carbocycles. The monoisotopic (exact) mass is 282 g/mol. The molecule has 1 saturated heterocycles. The first kappa shape index (κ1) is 13.8. The summed E-state index contributed by atoms with van der Waals surface area (Å²) in [7, 11) is 0. The van der Waals surface area contributed by atoms with Gasteiger partial charge in [0.15, 0.2) is 0 Å². The standard InChI is InChI=1S/C10H12Cl2N2O.ClH/c11-7-8-10(12)9(1-2-13-8)14-3-5-15-6-4-14;/h1-2H,3-7H2;1H. The van der Waals surface area contributed by atoms with Gasteiger partial charge in [0.05, 0.1) is 35.5 Å². The van der Waals surface area contributed by atoms with Crippen molar-refractivity contribution in [2.45, 2.75) is 5.88 Å². The van der Waals surface area contributed by atoms with E-state index in [1.54, 1.807) is 6.20 Å². The summed E-state index contributed by atoms with van der Waals surface area (Å²) in [6, 6.07) is 1.92. The van der Waals surface area contributed by atoms with Crippen LogP contribution in [0.1, 0.15) is 5.69 Å². The molecular weight excluding hydrogens is 270 g/mol. The molecule has 0 atom stereocenters. The Kier molecular flexibility index (Phi) is 5.62. The molecule has 0 aliphatic carbocycles. The maximum atomic E-state index is 6.21. The van der Waals surface area contributed by atoms with Crippen LogP contribution in [0.25, 0.3) is 0 Å². The van der Waals surface area contributed by atoms with Crippen molar-refractivity contribution in [2.75, 3.05) is 31.2 Å². The summed E-state index contributed by atoms with van der Waals surface area (Å²) in [5, 5.41) is 0.661. The molecule has 0 spiro atoms. The van der Waals surface area contributed by atoms with Gasteiger partial charge in [0, 0.05) is 19.3 Å². The number of aromatic nitrogens is 1. The Morgan fingerprint density at radius 3 is 2.69 bits per heavy atom. The van der Waals surface area contributed by atoms with E-state index in [1.165, 1.54) is 0 Å². The maximum absolute atomic E-state index is 6.21. The molecule has 1 aromatic heterocycles. The van der Waals surface area contributed by atoms with E-state index >= 15 is 0 Å². The summed E-state index contributed by atoms with van der Waals surface area (Å²) in [5.74, 6) is 0.344.